The molecule has 2 aromatic carbocycles. The Morgan fingerprint density at radius 1 is 1.04 bits per heavy atom. The fraction of sp³-hybridized carbons (Fsp3) is 0.160. The highest BCUT2D eigenvalue weighted by Crippen LogP contribution is 2.42. The Morgan fingerprint density at radius 2 is 1.75 bits per heavy atom. The number of fused-ring (bicyclic) bond motifs is 3. The van der Waals surface area contributed by atoms with Gasteiger partial charge in [0.1, 0.15) is 11.5 Å². The van der Waals surface area contributed by atoms with Crippen LogP contribution in [0.1, 0.15) is 40.1 Å². The van der Waals surface area contributed by atoms with Gasteiger partial charge in [0.05, 0.1) is 11.5 Å². The average Bonchev–Trinajstić information content (AvgIpc) is 3.14. The molecular weight excluding hydrogens is 346 g/mol. The fourth-order valence-corrected chi connectivity index (χ4v) is 4.17. The molecule has 0 amide bonds. The summed E-state index contributed by atoms with van der Waals surface area (Å²) in [6.07, 6.45) is 6.55. The van der Waals surface area contributed by atoms with Gasteiger partial charge in [0.2, 0.25) is 0 Å². The second kappa shape index (κ2) is 6.77. The topological polar surface area (TPSA) is 42.2 Å². The third-order valence-electron chi connectivity index (χ3n) is 5.55. The van der Waals surface area contributed by atoms with Crippen LogP contribution < -0.4 is 5.32 Å². The van der Waals surface area contributed by atoms with Crippen molar-refractivity contribution in [3.8, 4) is 11.3 Å². The Kier molecular flexibility index (Phi) is 4.10. The Hall–Kier alpha value is -3.17. The molecule has 3 aromatic rings. The van der Waals surface area contributed by atoms with E-state index in [-0.39, 0.29) is 17.7 Å². The third-order valence-corrected chi connectivity index (χ3v) is 5.55. The monoisotopic (exact) mass is 367 g/mol. The van der Waals surface area contributed by atoms with Crippen molar-refractivity contribution in [2.75, 3.05) is 0 Å². The highest BCUT2D eigenvalue weighted by Gasteiger charge is 2.36. The summed E-state index contributed by atoms with van der Waals surface area (Å²) in [7, 11) is 0. The van der Waals surface area contributed by atoms with Crippen molar-refractivity contribution in [1.82, 2.24) is 5.32 Å². The molecule has 1 N–H and O–H groups in total. The van der Waals surface area contributed by atoms with E-state index in [1.165, 1.54) is 5.57 Å². The van der Waals surface area contributed by atoms with Crippen molar-refractivity contribution >= 4 is 5.78 Å². The molecule has 138 valence electrons. The van der Waals surface area contributed by atoms with E-state index in [4.69, 9.17) is 4.42 Å². The number of nitrogens with one attached hydrogen (secondary N) is 1. The summed E-state index contributed by atoms with van der Waals surface area (Å²) in [5.74, 6) is 1.69. The first-order chi connectivity index (χ1) is 13.7. The number of allylic oxidation sites excluding steroid dienone is 2. The zero-order chi connectivity index (χ0) is 19.1. The Morgan fingerprint density at radius 3 is 2.50 bits per heavy atom. The van der Waals surface area contributed by atoms with E-state index in [1.807, 2.05) is 60.7 Å². The number of ketones is 1. The molecule has 0 saturated carbocycles. The largest absolute Gasteiger partial charge is 0.459 e. The van der Waals surface area contributed by atoms with Gasteiger partial charge in [-0.2, -0.15) is 0 Å². The van der Waals surface area contributed by atoms with Crippen LogP contribution in [0.15, 0.2) is 88.9 Å². The summed E-state index contributed by atoms with van der Waals surface area (Å²) in [6, 6.07) is 19.6. The average molecular weight is 367 g/mol. The second-order valence-electron chi connectivity index (χ2n) is 7.41. The van der Waals surface area contributed by atoms with Gasteiger partial charge in [-0.1, -0.05) is 84.5 Å². The van der Waals surface area contributed by atoms with Gasteiger partial charge in [0, 0.05) is 29.3 Å². The summed E-state index contributed by atoms with van der Waals surface area (Å²) in [5, 5.41) is 3.57. The van der Waals surface area contributed by atoms with E-state index in [1.54, 1.807) is 0 Å². The highest BCUT2D eigenvalue weighted by molar-refractivity contribution is 6.13. The molecule has 1 aliphatic carbocycles. The standard InChI is InChI=1S/C25H21NO2/c1-16-12-13-21-19(14-16)25-20(15-26-21)22(23(27)17-8-4-2-5-9-17)24(28-25)18-10-6-3-7-11-18/h2-14,19,21,26H,15H2,1H3. The summed E-state index contributed by atoms with van der Waals surface area (Å²) >= 11 is 0. The first-order valence-electron chi connectivity index (χ1n) is 9.63. The maximum Gasteiger partial charge on any atom is 0.197 e. The van der Waals surface area contributed by atoms with Crippen molar-refractivity contribution in [3.05, 3.63) is 107 Å². The summed E-state index contributed by atoms with van der Waals surface area (Å²) in [6.45, 7) is 2.72. The van der Waals surface area contributed by atoms with Crippen molar-refractivity contribution in [3.63, 3.8) is 0 Å². The van der Waals surface area contributed by atoms with E-state index in [0.717, 1.165) is 16.9 Å². The SMILES string of the molecule is CC1=CC2c3oc(-c4ccccc4)c(C(=O)c4ccccc4)c3CNC2C=C1. The molecule has 2 aliphatic rings. The molecule has 2 unspecified atom stereocenters. The molecule has 0 radical (unpaired) electrons. The molecule has 0 saturated heterocycles. The molecule has 1 aromatic heterocycles. The summed E-state index contributed by atoms with van der Waals surface area (Å²) in [4.78, 5) is 13.5. The molecular formula is C25H21NO2. The number of carbonyl (C=O) groups is 1. The normalized spacial score (nSPS) is 20.2. The molecule has 28 heavy (non-hydrogen) atoms. The van der Waals surface area contributed by atoms with E-state index in [2.05, 4.69) is 30.5 Å². The number of rotatable bonds is 3. The van der Waals surface area contributed by atoms with Gasteiger partial charge in [0.15, 0.2) is 5.78 Å². The third kappa shape index (κ3) is 2.76. The molecule has 2 atom stereocenters. The maximum atomic E-state index is 13.5. The van der Waals surface area contributed by atoms with Gasteiger partial charge in [-0.25, -0.2) is 0 Å². The van der Waals surface area contributed by atoms with Gasteiger partial charge in [-0.05, 0) is 6.92 Å². The zero-order valence-electron chi connectivity index (χ0n) is 15.7. The van der Waals surface area contributed by atoms with E-state index in [9.17, 15) is 4.79 Å². The summed E-state index contributed by atoms with van der Waals surface area (Å²) in [5.41, 5.74) is 4.48. The van der Waals surface area contributed by atoms with Crippen LogP contribution in [-0.4, -0.2) is 11.8 Å². The molecule has 0 bridgehead atoms. The smallest absolute Gasteiger partial charge is 0.197 e. The highest BCUT2D eigenvalue weighted by atomic mass is 16.3. The molecule has 1 aliphatic heterocycles. The van der Waals surface area contributed by atoms with Crippen LogP contribution in [0.2, 0.25) is 0 Å². The lowest BCUT2D eigenvalue weighted by atomic mass is 9.83. The minimum atomic E-state index is 0.0109. The van der Waals surface area contributed by atoms with Crippen LogP contribution in [0.5, 0.6) is 0 Å². The molecule has 0 fully saturated rings. The van der Waals surface area contributed by atoms with Gasteiger partial charge >= 0.3 is 0 Å². The summed E-state index contributed by atoms with van der Waals surface area (Å²) < 4.78 is 6.44. The number of furan rings is 1. The first kappa shape index (κ1) is 17.0. The number of benzene rings is 2. The van der Waals surface area contributed by atoms with Crippen molar-refractivity contribution in [1.29, 1.82) is 0 Å². The zero-order valence-corrected chi connectivity index (χ0v) is 15.7. The predicted octanol–water partition coefficient (Wildman–Crippen LogP) is 5.25. The van der Waals surface area contributed by atoms with Crippen molar-refractivity contribution in [2.24, 2.45) is 0 Å². The van der Waals surface area contributed by atoms with Gasteiger partial charge < -0.3 is 9.73 Å². The first-order valence-corrected chi connectivity index (χ1v) is 9.63. The van der Waals surface area contributed by atoms with Crippen LogP contribution in [0.3, 0.4) is 0 Å². The fourth-order valence-electron chi connectivity index (χ4n) is 4.17. The number of hydrogen-bond donors (Lipinski definition) is 1. The van der Waals surface area contributed by atoms with E-state index >= 15 is 0 Å². The predicted molar refractivity (Wildman–Crippen MR) is 110 cm³/mol. The van der Waals surface area contributed by atoms with E-state index < -0.39 is 0 Å². The van der Waals surface area contributed by atoms with Gasteiger partial charge in [-0.15, -0.1) is 0 Å². The lowest BCUT2D eigenvalue weighted by Crippen LogP contribution is -2.38. The van der Waals surface area contributed by atoms with Crippen LogP contribution >= 0.6 is 0 Å². The quantitative estimate of drug-likeness (QED) is 0.643. The van der Waals surface area contributed by atoms with Crippen molar-refractivity contribution in [2.45, 2.75) is 25.4 Å². The Balaban J connectivity index is 1.72. The van der Waals surface area contributed by atoms with Crippen LogP contribution in [0.25, 0.3) is 11.3 Å². The lowest BCUT2D eigenvalue weighted by molar-refractivity contribution is 0.103. The molecule has 5 rings (SSSR count). The number of hydrogen-bond acceptors (Lipinski definition) is 3. The molecule has 3 nitrogen and oxygen atoms in total. The Bertz CT molecular complexity index is 1090. The Labute approximate surface area is 164 Å². The molecule has 0 spiro atoms. The van der Waals surface area contributed by atoms with Crippen LogP contribution in [-0.2, 0) is 6.54 Å². The van der Waals surface area contributed by atoms with Crippen molar-refractivity contribution < 1.29 is 9.21 Å². The lowest BCUT2D eigenvalue weighted by Gasteiger charge is -2.30. The molecule has 3 heteroatoms. The van der Waals surface area contributed by atoms with Crippen LogP contribution in [0, 0.1) is 0 Å². The van der Waals surface area contributed by atoms with Gasteiger partial charge in [0.25, 0.3) is 0 Å². The van der Waals surface area contributed by atoms with Gasteiger partial charge in [-0.3, -0.25) is 4.79 Å². The minimum Gasteiger partial charge on any atom is -0.459 e. The van der Waals surface area contributed by atoms with E-state index in [0.29, 0.717) is 23.4 Å². The second-order valence-corrected chi connectivity index (χ2v) is 7.41. The number of carbonyl (C=O) groups excluding carboxylic acids is 1. The maximum absolute atomic E-state index is 13.5. The van der Waals surface area contributed by atoms with Crippen LogP contribution in [0.4, 0.5) is 0 Å². The molecule has 2 heterocycles. The minimum absolute atomic E-state index is 0.0109.